The van der Waals surface area contributed by atoms with E-state index in [1.54, 1.807) is 19.0 Å². The molecule has 0 unspecified atom stereocenters. The summed E-state index contributed by atoms with van der Waals surface area (Å²) in [6.07, 6.45) is 3.87. The second-order valence-corrected chi connectivity index (χ2v) is 8.98. The third-order valence-electron chi connectivity index (χ3n) is 6.11. The Labute approximate surface area is 188 Å². The molecule has 0 bridgehead atoms. The average molecular weight is 453 g/mol. The molecule has 172 valence electrons. The molecular formula is C21H33ClN6O3. The van der Waals surface area contributed by atoms with Crippen LogP contribution in [0.1, 0.15) is 36.0 Å². The highest BCUT2D eigenvalue weighted by Crippen LogP contribution is 2.26. The van der Waals surface area contributed by atoms with Gasteiger partial charge < -0.3 is 30.5 Å². The van der Waals surface area contributed by atoms with Crippen LogP contribution in [-0.2, 0) is 0 Å². The first-order chi connectivity index (χ1) is 14.8. The summed E-state index contributed by atoms with van der Waals surface area (Å²) in [4.78, 5) is 34.9. The van der Waals surface area contributed by atoms with Crippen LogP contribution in [0.25, 0.3) is 0 Å². The van der Waals surface area contributed by atoms with Crippen LogP contribution in [0.2, 0.25) is 5.02 Å². The van der Waals surface area contributed by atoms with Crippen molar-refractivity contribution in [3.05, 3.63) is 16.7 Å². The number of amides is 3. The lowest BCUT2D eigenvalue weighted by molar-refractivity contribution is 0.0887. The smallest absolute Gasteiger partial charge is 0.319 e. The van der Waals surface area contributed by atoms with E-state index in [-0.39, 0.29) is 34.7 Å². The Bertz CT molecular complexity index is 790. The van der Waals surface area contributed by atoms with Crippen molar-refractivity contribution in [2.75, 3.05) is 59.7 Å². The summed E-state index contributed by atoms with van der Waals surface area (Å²) >= 11 is 6.03. The third kappa shape index (κ3) is 5.92. The number of pyridine rings is 1. The topological polar surface area (TPSA) is 104 Å². The van der Waals surface area contributed by atoms with Gasteiger partial charge >= 0.3 is 6.03 Å². The minimum Gasteiger partial charge on any atom is -0.480 e. The largest absolute Gasteiger partial charge is 0.480 e. The van der Waals surface area contributed by atoms with Gasteiger partial charge in [-0.3, -0.25) is 4.79 Å². The number of urea groups is 1. The summed E-state index contributed by atoms with van der Waals surface area (Å²) < 4.78 is 5.18. The predicted octanol–water partition coefficient (Wildman–Crippen LogP) is 1.91. The van der Waals surface area contributed by atoms with Gasteiger partial charge in [0.1, 0.15) is 11.4 Å². The fraction of sp³-hybridized carbons (Fsp3) is 0.667. The number of carbonyl (C=O) groups is 2. The molecule has 0 aromatic carbocycles. The van der Waals surface area contributed by atoms with Crippen molar-refractivity contribution < 1.29 is 14.3 Å². The van der Waals surface area contributed by atoms with Crippen LogP contribution in [-0.4, -0.2) is 91.6 Å². The van der Waals surface area contributed by atoms with E-state index in [4.69, 9.17) is 22.1 Å². The van der Waals surface area contributed by atoms with Gasteiger partial charge in [-0.25, -0.2) is 4.79 Å². The number of rotatable bonds is 5. The number of aromatic nitrogens is 1. The van der Waals surface area contributed by atoms with Crippen LogP contribution in [0.3, 0.4) is 0 Å². The van der Waals surface area contributed by atoms with E-state index >= 15 is 0 Å². The number of nitrogens with zero attached hydrogens (tertiary/aromatic N) is 4. The van der Waals surface area contributed by atoms with Crippen molar-refractivity contribution in [2.45, 2.75) is 31.7 Å². The average Bonchev–Trinajstić information content (AvgIpc) is 2.76. The van der Waals surface area contributed by atoms with Gasteiger partial charge in [-0.2, -0.15) is 4.98 Å². The van der Waals surface area contributed by atoms with E-state index in [0.717, 1.165) is 58.4 Å². The minimum absolute atomic E-state index is 0.101. The molecule has 1 aromatic rings. The van der Waals surface area contributed by atoms with E-state index in [1.165, 1.54) is 13.2 Å². The number of likely N-dealkylation sites (tertiary alicyclic amines) is 2. The van der Waals surface area contributed by atoms with Gasteiger partial charge in [0, 0.05) is 52.9 Å². The molecule has 10 heteroatoms. The predicted molar refractivity (Wildman–Crippen MR) is 121 cm³/mol. The second kappa shape index (κ2) is 10.4. The zero-order chi connectivity index (χ0) is 22.5. The fourth-order valence-corrected chi connectivity index (χ4v) is 4.43. The highest BCUT2D eigenvalue weighted by Gasteiger charge is 2.28. The van der Waals surface area contributed by atoms with Crippen molar-refractivity contribution in [1.29, 1.82) is 0 Å². The highest BCUT2D eigenvalue weighted by atomic mass is 35.5. The first-order valence-electron chi connectivity index (χ1n) is 10.8. The molecule has 0 aliphatic carbocycles. The molecule has 3 N–H and O–H groups in total. The maximum atomic E-state index is 12.7. The Morgan fingerprint density at radius 3 is 2.45 bits per heavy atom. The number of carbonyl (C=O) groups excluding carboxylic acids is 2. The zero-order valence-corrected chi connectivity index (χ0v) is 19.3. The lowest BCUT2D eigenvalue weighted by Crippen LogP contribution is -2.48. The molecular weight excluding hydrogens is 420 g/mol. The summed E-state index contributed by atoms with van der Waals surface area (Å²) in [6.45, 7) is 4.59. The van der Waals surface area contributed by atoms with Crippen molar-refractivity contribution in [3.8, 4) is 5.88 Å². The molecule has 0 spiro atoms. The summed E-state index contributed by atoms with van der Waals surface area (Å²) in [7, 11) is 5.05. The molecule has 2 aliphatic heterocycles. The lowest BCUT2D eigenvalue weighted by Gasteiger charge is -2.38. The van der Waals surface area contributed by atoms with Crippen LogP contribution in [0.4, 0.5) is 10.6 Å². The van der Waals surface area contributed by atoms with Crippen molar-refractivity contribution >= 4 is 29.4 Å². The van der Waals surface area contributed by atoms with Crippen LogP contribution < -0.4 is 15.8 Å². The quantitative estimate of drug-likeness (QED) is 0.707. The number of nitrogen functional groups attached to an aromatic ring is 1. The normalized spacial score (nSPS) is 18.6. The number of nitrogens with two attached hydrogens (primary N) is 1. The van der Waals surface area contributed by atoms with E-state index in [2.05, 4.69) is 15.2 Å². The van der Waals surface area contributed by atoms with Gasteiger partial charge in [0.05, 0.1) is 12.1 Å². The second-order valence-electron chi connectivity index (χ2n) is 8.57. The van der Waals surface area contributed by atoms with Crippen LogP contribution in [0, 0.1) is 5.92 Å². The Hall–Kier alpha value is -2.26. The number of anilines is 1. The van der Waals surface area contributed by atoms with E-state index in [0.29, 0.717) is 11.5 Å². The number of methoxy groups -OCH3 is 1. The maximum Gasteiger partial charge on any atom is 0.319 e. The molecule has 3 amide bonds. The van der Waals surface area contributed by atoms with E-state index in [9.17, 15) is 9.59 Å². The Kier molecular flexibility index (Phi) is 7.83. The lowest BCUT2D eigenvalue weighted by atomic mass is 9.95. The molecule has 3 heterocycles. The number of piperidine rings is 2. The zero-order valence-electron chi connectivity index (χ0n) is 18.6. The molecule has 0 saturated carbocycles. The molecule has 0 radical (unpaired) electrons. The number of hydrogen-bond donors (Lipinski definition) is 2. The number of hydrogen-bond acceptors (Lipinski definition) is 6. The van der Waals surface area contributed by atoms with Crippen LogP contribution in [0.5, 0.6) is 5.88 Å². The SMILES string of the molecule is COc1nc(N)c(Cl)cc1C(=O)NC1CCN(CC2CCN(C(=O)N(C)C)CC2)CC1. The molecule has 2 saturated heterocycles. The van der Waals surface area contributed by atoms with Gasteiger partial charge in [-0.1, -0.05) is 11.6 Å². The molecule has 0 atom stereocenters. The van der Waals surface area contributed by atoms with Crippen molar-refractivity contribution in [3.63, 3.8) is 0 Å². The first kappa shape index (κ1) is 23.4. The maximum absolute atomic E-state index is 12.7. The molecule has 2 fully saturated rings. The third-order valence-corrected chi connectivity index (χ3v) is 6.42. The fourth-order valence-electron chi connectivity index (χ4n) is 4.28. The molecule has 3 rings (SSSR count). The summed E-state index contributed by atoms with van der Waals surface area (Å²) in [6, 6.07) is 1.70. The minimum atomic E-state index is -0.248. The Morgan fingerprint density at radius 1 is 1.23 bits per heavy atom. The van der Waals surface area contributed by atoms with E-state index < -0.39 is 0 Å². The summed E-state index contributed by atoms with van der Waals surface area (Å²) in [5.41, 5.74) is 5.99. The molecule has 2 aliphatic rings. The monoisotopic (exact) mass is 452 g/mol. The highest BCUT2D eigenvalue weighted by molar-refractivity contribution is 6.33. The van der Waals surface area contributed by atoms with Gasteiger partial charge in [-0.15, -0.1) is 0 Å². The Balaban J connectivity index is 1.44. The van der Waals surface area contributed by atoms with Crippen LogP contribution >= 0.6 is 11.6 Å². The summed E-state index contributed by atoms with van der Waals surface area (Å²) in [5, 5.41) is 3.31. The molecule has 31 heavy (non-hydrogen) atoms. The van der Waals surface area contributed by atoms with Crippen LogP contribution in [0.15, 0.2) is 6.07 Å². The van der Waals surface area contributed by atoms with Gasteiger partial charge in [0.25, 0.3) is 5.91 Å². The molecule has 1 aromatic heterocycles. The van der Waals surface area contributed by atoms with Gasteiger partial charge in [0.15, 0.2) is 0 Å². The number of halogens is 1. The van der Waals surface area contributed by atoms with Gasteiger partial charge in [-0.05, 0) is 37.7 Å². The molecule has 9 nitrogen and oxygen atoms in total. The standard InChI is InChI=1S/C21H33ClN6O3/c1-26(2)21(30)28-10-4-14(5-11-28)13-27-8-6-15(7-9-27)24-19(29)16-12-17(22)18(23)25-20(16)31-3/h12,14-15H,4-11,13H2,1-3H3,(H2,23,25)(H,24,29). The Morgan fingerprint density at radius 2 is 1.87 bits per heavy atom. The van der Waals surface area contributed by atoms with Gasteiger partial charge in [0.2, 0.25) is 5.88 Å². The van der Waals surface area contributed by atoms with E-state index in [1.807, 2.05) is 4.90 Å². The summed E-state index contributed by atoms with van der Waals surface area (Å²) in [5.74, 6) is 0.684. The van der Waals surface area contributed by atoms with Crippen molar-refractivity contribution in [2.24, 2.45) is 5.92 Å². The number of ether oxygens (including phenoxy) is 1. The first-order valence-corrected chi connectivity index (χ1v) is 11.2. The number of nitrogens with one attached hydrogen (secondary N) is 1. The van der Waals surface area contributed by atoms with Crippen molar-refractivity contribution in [1.82, 2.24) is 25.0 Å².